The second-order valence-electron chi connectivity index (χ2n) is 11.0. The van der Waals surface area contributed by atoms with Gasteiger partial charge in [-0.25, -0.2) is 4.98 Å². The Morgan fingerprint density at radius 1 is 0.689 bits per heavy atom. The van der Waals surface area contributed by atoms with Gasteiger partial charge in [-0.05, 0) is 90.9 Å². The molecular formula is C40H28N4O. The Kier molecular flexibility index (Phi) is 6.42. The zero-order chi connectivity index (χ0) is 30.3. The number of furan rings is 1. The van der Waals surface area contributed by atoms with Crippen LogP contribution in [0.1, 0.15) is 23.7 Å². The summed E-state index contributed by atoms with van der Waals surface area (Å²) in [5, 5.41) is 3.35. The molecule has 5 heteroatoms. The van der Waals surface area contributed by atoms with E-state index in [-0.39, 0.29) is 0 Å². The summed E-state index contributed by atoms with van der Waals surface area (Å²) in [7, 11) is 0. The van der Waals surface area contributed by atoms with Crippen molar-refractivity contribution in [2.24, 2.45) is 0 Å². The first-order valence-corrected chi connectivity index (χ1v) is 14.9. The number of hydrogen-bond acceptors (Lipinski definition) is 4. The van der Waals surface area contributed by atoms with Crippen molar-refractivity contribution in [3.8, 4) is 28.5 Å². The molecule has 0 aliphatic carbocycles. The predicted molar refractivity (Wildman–Crippen MR) is 185 cm³/mol. The van der Waals surface area contributed by atoms with E-state index in [1.165, 1.54) is 0 Å². The van der Waals surface area contributed by atoms with Crippen LogP contribution in [-0.4, -0.2) is 19.5 Å². The largest absolute Gasteiger partial charge is 0.456 e. The number of aromatic nitrogens is 4. The van der Waals surface area contributed by atoms with Crippen LogP contribution in [0.5, 0.6) is 0 Å². The van der Waals surface area contributed by atoms with Gasteiger partial charge in [0.25, 0.3) is 0 Å². The number of para-hydroxylation sites is 2. The molecule has 0 radical (unpaired) electrons. The molecule has 8 rings (SSSR count). The third kappa shape index (κ3) is 4.62. The Balaban J connectivity index is 1.33. The number of fused-ring (bicyclic) bond motifs is 4. The maximum atomic E-state index is 6.08. The molecule has 0 saturated carbocycles. The van der Waals surface area contributed by atoms with Crippen LogP contribution >= 0.6 is 0 Å². The number of benzene rings is 3. The first-order valence-electron chi connectivity index (χ1n) is 14.9. The topological polar surface area (TPSA) is 56.7 Å². The van der Waals surface area contributed by atoms with Gasteiger partial charge >= 0.3 is 0 Å². The molecule has 5 aromatic heterocycles. The quantitative estimate of drug-likeness (QED) is 0.196. The van der Waals surface area contributed by atoms with Crippen LogP contribution in [0, 0.1) is 0 Å². The van der Waals surface area contributed by atoms with Gasteiger partial charge in [-0.1, -0.05) is 61.2 Å². The van der Waals surface area contributed by atoms with Gasteiger partial charge in [-0.2, -0.15) is 0 Å². The number of allylic oxidation sites excluding steroid dienone is 1. The summed E-state index contributed by atoms with van der Waals surface area (Å²) >= 11 is 0. The molecule has 45 heavy (non-hydrogen) atoms. The van der Waals surface area contributed by atoms with Crippen molar-refractivity contribution in [1.29, 1.82) is 0 Å². The lowest BCUT2D eigenvalue weighted by molar-refractivity contribution is 0.669. The SMILES string of the molecule is C=Cc1c(/C=C(\C)c2ccc3oc4ccccc4c3c2)c2ccccc2n1-c1cc(-c2ccccn2)cc(-c2ccccn2)n1. The minimum absolute atomic E-state index is 0.772. The molecular weight excluding hydrogens is 552 g/mol. The molecule has 5 nitrogen and oxygen atoms in total. The molecule has 8 aromatic rings. The first kappa shape index (κ1) is 26.5. The molecule has 0 fully saturated rings. The average Bonchev–Trinajstić information content (AvgIpc) is 3.63. The van der Waals surface area contributed by atoms with Crippen LogP contribution < -0.4 is 0 Å². The van der Waals surface area contributed by atoms with Crippen LogP contribution in [-0.2, 0) is 0 Å². The Morgan fingerprint density at radius 3 is 2.18 bits per heavy atom. The highest BCUT2D eigenvalue weighted by molar-refractivity contribution is 6.06. The van der Waals surface area contributed by atoms with Gasteiger partial charge in [-0.3, -0.25) is 14.5 Å². The molecule has 0 bridgehead atoms. The van der Waals surface area contributed by atoms with Crippen LogP contribution in [0.25, 0.3) is 79.0 Å². The van der Waals surface area contributed by atoms with Crippen molar-refractivity contribution in [2.75, 3.05) is 0 Å². The average molecular weight is 581 g/mol. The number of nitrogens with zero attached hydrogens (tertiary/aromatic N) is 4. The summed E-state index contributed by atoms with van der Waals surface area (Å²) in [4.78, 5) is 14.4. The van der Waals surface area contributed by atoms with Crippen LogP contribution in [0.2, 0.25) is 0 Å². The van der Waals surface area contributed by atoms with Crippen LogP contribution in [0.15, 0.2) is 139 Å². The standard InChI is InChI=1S/C40H28N4O/c1-3-36-31(22-26(2)27-18-19-39-32(23-27)30-13-5-7-17-38(30)45-39)29-12-4-6-16-37(29)44(36)40-25-28(33-14-8-10-20-41-33)24-35(43-40)34-15-9-11-21-42-34/h3-25H,1H2,2H3/b26-22+. The van der Waals surface area contributed by atoms with E-state index in [2.05, 4.69) is 88.7 Å². The molecule has 0 N–H and O–H groups in total. The summed E-state index contributed by atoms with van der Waals surface area (Å²) < 4.78 is 8.27. The van der Waals surface area contributed by atoms with Gasteiger partial charge in [0.05, 0.1) is 28.3 Å². The fourth-order valence-electron chi connectivity index (χ4n) is 6.11. The van der Waals surface area contributed by atoms with Crippen molar-refractivity contribution in [1.82, 2.24) is 19.5 Å². The highest BCUT2D eigenvalue weighted by atomic mass is 16.3. The van der Waals surface area contributed by atoms with Crippen LogP contribution in [0.3, 0.4) is 0 Å². The van der Waals surface area contributed by atoms with Gasteiger partial charge in [0.1, 0.15) is 17.0 Å². The van der Waals surface area contributed by atoms with Gasteiger partial charge in [0.2, 0.25) is 0 Å². The Bertz CT molecular complexity index is 2340. The van der Waals surface area contributed by atoms with E-state index in [1.807, 2.05) is 72.9 Å². The number of hydrogen-bond donors (Lipinski definition) is 0. The zero-order valence-corrected chi connectivity index (χ0v) is 24.7. The van der Waals surface area contributed by atoms with E-state index in [1.54, 1.807) is 6.20 Å². The third-order valence-corrected chi connectivity index (χ3v) is 8.27. The predicted octanol–water partition coefficient (Wildman–Crippen LogP) is 10.3. The summed E-state index contributed by atoms with van der Waals surface area (Å²) in [6.45, 7) is 6.42. The molecule has 214 valence electrons. The van der Waals surface area contributed by atoms with Gasteiger partial charge in [-0.15, -0.1) is 0 Å². The molecule has 5 heterocycles. The smallest absolute Gasteiger partial charge is 0.139 e. The lowest BCUT2D eigenvalue weighted by atomic mass is 10.0. The van der Waals surface area contributed by atoms with Crippen LogP contribution in [0.4, 0.5) is 0 Å². The minimum atomic E-state index is 0.772. The highest BCUT2D eigenvalue weighted by Crippen LogP contribution is 2.36. The van der Waals surface area contributed by atoms with Crippen molar-refractivity contribution in [3.05, 3.63) is 151 Å². The second-order valence-corrected chi connectivity index (χ2v) is 11.0. The van der Waals surface area contributed by atoms with E-state index in [4.69, 9.17) is 9.40 Å². The first-order chi connectivity index (χ1) is 22.2. The molecule has 0 aliphatic rings. The van der Waals surface area contributed by atoms with Crippen molar-refractivity contribution >= 4 is 50.6 Å². The Labute approximate surface area is 260 Å². The Hall–Kier alpha value is -6.07. The van der Waals surface area contributed by atoms with E-state index in [0.717, 1.165) is 83.7 Å². The summed E-state index contributed by atoms with van der Waals surface area (Å²) in [6, 6.07) is 39.0. The van der Waals surface area contributed by atoms with Crippen molar-refractivity contribution < 1.29 is 4.42 Å². The van der Waals surface area contributed by atoms with E-state index in [0.29, 0.717) is 0 Å². The van der Waals surface area contributed by atoms with Crippen molar-refractivity contribution in [3.63, 3.8) is 0 Å². The zero-order valence-electron chi connectivity index (χ0n) is 24.7. The molecule has 0 aliphatic heterocycles. The summed E-state index contributed by atoms with van der Waals surface area (Å²) in [6.07, 6.45) is 7.77. The molecule has 3 aromatic carbocycles. The summed E-state index contributed by atoms with van der Waals surface area (Å²) in [5.41, 5.74) is 10.5. The van der Waals surface area contributed by atoms with E-state index >= 15 is 0 Å². The fourth-order valence-corrected chi connectivity index (χ4v) is 6.11. The molecule has 0 saturated heterocycles. The molecule has 0 spiro atoms. The lowest BCUT2D eigenvalue weighted by Gasteiger charge is -2.13. The monoisotopic (exact) mass is 580 g/mol. The Morgan fingerprint density at radius 2 is 1.40 bits per heavy atom. The second kappa shape index (κ2) is 10.9. The lowest BCUT2D eigenvalue weighted by Crippen LogP contribution is -2.03. The molecule has 0 atom stereocenters. The normalized spacial score (nSPS) is 11.9. The van der Waals surface area contributed by atoms with E-state index < -0.39 is 0 Å². The van der Waals surface area contributed by atoms with Gasteiger partial charge < -0.3 is 4.42 Å². The maximum Gasteiger partial charge on any atom is 0.139 e. The highest BCUT2D eigenvalue weighted by Gasteiger charge is 2.19. The van der Waals surface area contributed by atoms with Gasteiger partial charge in [0.15, 0.2) is 0 Å². The summed E-state index contributed by atoms with van der Waals surface area (Å²) in [5.74, 6) is 0.772. The minimum Gasteiger partial charge on any atom is -0.456 e. The van der Waals surface area contributed by atoms with E-state index in [9.17, 15) is 0 Å². The molecule has 0 amide bonds. The van der Waals surface area contributed by atoms with Crippen molar-refractivity contribution in [2.45, 2.75) is 6.92 Å². The fraction of sp³-hybridized carbons (Fsp3) is 0.0250. The number of pyridine rings is 3. The molecule has 0 unspecified atom stereocenters. The third-order valence-electron chi connectivity index (χ3n) is 8.27. The number of rotatable bonds is 6. The maximum absolute atomic E-state index is 6.08. The van der Waals surface area contributed by atoms with Gasteiger partial charge in [0, 0.05) is 39.7 Å².